The molecule has 1 aliphatic heterocycles. The van der Waals surface area contributed by atoms with Crippen molar-refractivity contribution in [3.63, 3.8) is 0 Å². The van der Waals surface area contributed by atoms with Gasteiger partial charge in [0.1, 0.15) is 5.82 Å². The molecule has 2 aromatic rings. The molecule has 3 aliphatic rings. The summed E-state index contributed by atoms with van der Waals surface area (Å²) in [5.41, 5.74) is 1.82. The van der Waals surface area contributed by atoms with Crippen molar-refractivity contribution in [2.24, 2.45) is 5.41 Å². The van der Waals surface area contributed by atoms with E-state index < -0.39 is 0 Å². The average Bonchev–Trinajstić information content (AvgIpc) is 3.33. The molecule has 144 valence electrons. The summed E-state index contributed by atoms with van der Waals surface area (Å²) in [6.45, 7) is 2.39. The van der Waals surface area contributed by atoms with Gasteiger partial charge in [-0.05, 0) is 50.0 Å². The topological polar surface area (TPSA) is 90.5 Å². The van der Waals surface area contributed by atoms with E-state index in [9.17, 15) is 0 Å². The third-order valence-corrected chi connectivity index (χ3v) is 6.68. The molecule has 5 rings (SSSR count). The highest BCUT2D eigenvalue weighted by atomic mass is 15.2. The highest BCUT2D eigenvalue weighted by Crippen LogP contribution is 2.40. The van der Waals surface area contributed by atoms with Crippen LogP contribution in [-0.2, 0) is 0 Å². The number of hydrogen-bond donors (Lipinski definition) is 4. The van der Waals surface area contributed by atoms with Crippen molar-refractivity contribution in [1.29, 1.82) is 0 Å². The zero-order valence-corrected chi connectivity index (χ0v) is 15.8. The van der Waals surface area contributed by atoms with E-state index in [-0.39, 0.29) is 0 Å². The lowest BCUT2D eigenvalue weighted by Crippen LogP contribution is -2.55. The fraction of sp³-hybridized carbons (Fsp3) is 0.650. The second-order valence-corrected chi connectivity index (χ2v) is 8.60. The smallest absolute Gasteiger partial charge is 0.224 e. The molecule has 0 aromatic carbocycles. The summed E-state index contributed by atoms with van der Waals surface area (Å²) in [5, 5.41) is 17.9. The van der Waals surface area contributed by atoms with E-state index >= 15 is 0 Å². The Balaban J connectivity index is 1.19. The fourth-order valence-corrected chi connectivity index (χ4v) is 4.86. The molecule has 3 fully saturated rings. The number of hydrogen-bond acceptors (Lipinski definition) is 6. The Morgan fingerprint density at radius 3 is 2.59 bits per heavy atom. The summed E-state index contributed by atoms with van der Waals surface area (Å²) >= 11 is 0. The molecular weight excluding hydrogens is 338 g/mol. The van der Waals surface area contributed by atoms with E-state index in [0.29, 0.717) is 23.3 Å². The van der Waals surface area contributed by atoms with Gasteiger partial charge in [0.2, 0.25) is 5.95 Å². The minimum absolute atomic E-state index is 0.478. The number of aromatic nitrogens is 4. The summed E-state index contributed by atoms with van der Waals surface area (Å²) in [6, 6.07) is 4.49. The minimum atomic E-state index is 0.478. The van der Waals surface area contributed by atoms with Crippen LogP contribution in [-0.4, -0.2) is 39.3 Å². The van der Waals surface area contributed by atoms with E-state index in [1.807, 2.05) is 12.3 Å². The van der Waals surface area contributed by atoms with E-state index in [1.54, 1.807) is 0 Å². The highest BCUT2D eigenvalue weighted by Gasteiger charge is 2.40. The van der Waals surface area contributed by atoms with Crippen LogP contribution in [0.15, 0.2) is 18.3 Å². The van der Waals surface area contributed by atoms with E-state index in [0.717, 1.165) is 11.6 Å². The first kappa shape index (κ1) is 17.0. The number of aromatic amines is 1. The van der Waals surface area contributed by atoms with Gasteiger partial charge in [0.25, 0.3) is 0 Å². The van der Waals surface area contributed by atoms with Crippen LogP contribution in [0.2, 0.25) is 0 Å². The second kappa shape index (κ2) is 7.11. The zero-order chi connectivity index (χ0) is 18.1. The lowest BCUT2D eigenvalue weighted by atomic mass is 9.68. The van der Waals surface area contributed by atoms with E-state index in [2.05, 4.69) is 42.2 Å². The molecule has 2 aliphatic carbocycles. The summed E-state index contributed by atoms with van der Waals surface area (Å²) < 4.78 is 0. The molecule has 2 saturated carbocycles. The zero-order valence-electron chi connectivity index (χ0n) is 15.8. The maximum Gasteiger partial charge on any atom is 0.224 e. The van der Waals surface area contributed by atoms with Crippen LogP contribution < -0.4 is 16.0 Å². The van der Waals surface area contributed by atoms with Gasteiger partial charge >= 0.3 is 0 Å². The molecule has 7 nitrogen and oxygen atoms in total. The quantitative estimate of drug-likeness (QED) is 0.646. The Kier molecular flexibility index (Phi) is 4.47. The maximum absolute atomic E-state index is 4.64. The monoisotopic (exact) mass is 367 g/mol. The average molecular weight is 368 g/mol. The number of anilines is 3. The van der Waals surface area contributed by atoms with Crippen LogP contribution in [0, 0.1) is 5.41 Å². The van der Waals surface area contributed by atoms with Crippen molar-refractivity contribution in [2.75, 3.05) is 23.7 Å². The molecular formula is C20H29N7. The molecule has 0 amide bonds. The molecule has 4 N–H and O–H groups in total. The van der Waals surface area contributed by atoms with Crippen molar-refractivity contribution in [3.8, 4) is 0 Å². The molecule has 2 aromatic heterocycles. The van der Waals surface area contributed by atoms with Gasteiger partial charge < -0.3 is 16.0 Å². The van der Waals surface area contributed by atoms with Crippen molar-refractivity contribution in [2.45, 2.75) is 63.3 Å². The van der Waals surface area contributed by atoms with Gasteiger partial charge in [0.05, 0.1) is 0 Å². The van der Waals surface area contributed by atoms with Gasteiger partial charge in [-0.15, -0.1) is 0 Å². The molecule has 0 bridgehead atoms. The molecule has 1 spiro atoms. The van der Waals surface area contributed by atoms with Gasteiger partial charge in [-0.2, -0.15) is 10.1 Å². The number of rotatable bonds is 5. The first-order valence-corrected chi connectivity index (χ1v) is 10.4. The molecule has 3 heterocycles. The Morgan fingerprint density at radius 1 is 1.04 bits per heavy atom. The van der Waals surface area contributed by atoms with Crippen molar-refractivity contribution in [3.05, 3.63) is 24.0 Å². The predicted molar refractivity (Wildman–Crippen MR) is 106 cm³/mol. The summed E-state index contributed by atoms with van der Waals surface area (Å²) in [7, 11) is 0. The Morgan fingerprint density at radius 2 is 1.85 bits per heavy atom. The van der Waals surface area contributed by atoms with Gasteiger partial charge in [-0.25, -0.2) is 4.98 Å². The first-order valence-electron chi connectivity index (χ1n) is 10.4. The third-order valence-electron chi connectivity index (χ3n) is 6.68. The molecule has 0 radical (unpaired) electrons. The number of nitrogens with one attached hydrogen (secondary N) is 4. The third kappa shape index (κ3) is 3.65. The molecule has 0 unspecified atom stereocenters. The molecule has 27 heavy (non-hydrogen) atoms. The van der Waals surface area contributed by atoms with E-state index in [1.165, 1.54) is 70.2 Å². The fourth-order valence-electron chi connectivity index (χ4n) is 4.86. The Bertz CT molecular complexity index is 766. The van der Waals surface area contributed by atoms with Crippen molar-refractivity contribution >= 4 is 17.6 Å². The predicted octanol–water partition coefficient (Wildman–Crippen LogP) is 3.55. The summed E-state index contributed by atoms with van der Waals surface area (Å²) in [4.78, 5) is 9.05. The van der Waals surface area contributed by atoms with Crippen LogP contribution in [0.1, 0.15) is 63.0 Å². The van der Waals surface area contributed by atoms with Gasteiger partial charge in [0, 0.05) is 43.0 Å². The minimum Gasteiger partial charge on any atom is -0.351 e. The SMILES string of the molecule is c1cc(Nc2cc(C3CCCC3)[nH]n2)nc(NC2CCC3(CC2)CNC3)n1. The largest absolute Gasteiger partial charge is 0.351 e. The van der Waals surface area contributed by atoms with Gasteiger partial charge in [-0.1, -0.05) is 12.8 Å². The molecule has 7 heteroatoms. The summed E-state index contributed by atoms with van der Waals surface area (Å²) in [6.07, 6.45) is 12.0. The van der Waals surface area contributed by atoms with Gasteiger partial charge in [0.15, 0.2) is 5.82 Å². The first-order chi connectivity index (χ1) is 13.3. The van der Waals surface area contributed by atoms with Crippen LogP contribution >= 0.6 is 0 Å². The van der Waals surface area contributed by atoms with Crippen LogP contribution in [0.3, 0.4) is 0 Å². The molecule has 1 saturated heterocycles. The standard InChI is InChI=1S/C20H29N7/c1-2-4-14(3-1)16-11-18(27-26-16)24-17-7-10-22-19(25-17)23-15-5-8-20(9-6-15)12-21-13-20/h7,10-11,14-15,21H,1-6,8-9,12-13H2,(H3,22,23,24,25,26,27). The number of nitrogens with zero attached hydrogens (tertiary/aromatic N) is 3. The molecule has 0 atom stereocenters. The highest BCUT2D eigenvalue weighted by molar-refractivity contribution is 5.53. The maximum atomic E-state index is 4.64. The van der Waals surface area contributed by atoms with E-state index in [4.69, 9.17) is 0 Å². The lowest BCUT2D eigenvalue weighted by molar-refractivity contribution is 0.101. The van der Waals surface area contributed by atoms with Crippen molar-refractivity contribution < 1.29 is 0 Å². The second-order valence-electron chi connectivity index (χ2n) is 8.60. The normalized spacial score (nSPS) is 22.7. The summed E-state index contributed by atoms with van der Waals surface area (Å²) in [5.74, 6) is 2.96. The van der Waals surface area contributed by atoms with Crippen LogP contribution in [0.5, 0.6) is 0 Å². The number of H-pyrrole nitrogens is 1. The Hall–Kier alpha value is -2.15. The van der Waals surface area contributed by atoms with Gasteiger partial charge in [-0.3, -0.25) is 5.10 Å². The van der Waals surface area contributed by atoms with Crippen LogP contribution in [0.4, 0.5) is 17.6 Å². The Labute approximate surface area is 160 Å². The van der Waals surface area contributed by atoms with Crippen molar-refractivity contribution in [1.82, 2.24) is 25.5 Å². The van der Waals surface area contributed by atoms with Crippen LogP contribution in [0.25, 0.3) is 0 Å². The lowest BCUT2D eigenvalue weighted by Gasteiger charge is -2.47.